The Balaban J connectivity index is 1.58. The van der Waals surface area contributed by atoms with E-state index in [1.54, 1.807) is 32.3 Å². The number of Topliss-reactive ketones (excluding diaryl/α,β-unsaturated/α-hetero) is 4. The van der Waals surface area contributed by atoms with Crippen LogP contribution in [0.4, 0.5) is 0 Å². The van der Waals surface area contributed by atoms with Crippen LogP contribution in [0, 0.1) is 35.0 Å². The van der Waals surface area contributed by atoms with Crippen LogP contribution in [-0.2, 0) is 30.9 Å². The van der Waals surface area contributed by atoms with Crippen LogP contribution in [0.15, 0.2) is 53.4 Å². The molecule has 0 bridgehead atoms. The molecule has 2 aromatic rings. The van der Waals surface area contributed by atoms with Crippen molar-refractivity contribution in [3.63, 3.8) is 0 Å². The Bertz CT molecular complexity index is 1530. The van der Waals surface area contributed by atoms with Crippen molar-refractivity contribution in [2.24, 2.45) is 23.7 Å². The summed E-state index contributed by atoms with van der Waals surface area (Å²) in [6.45, 7) is 0. The minimum Gasteiger partial charge on any atom is -0.378 e. The number of rotatable bonds is 4. The fourth-order valence-corrected chi connectivity index (χ4v) is 7.17. The average Bonchev–Trinajstić information content (AvgIpc) is 2.87. The molecule has 38 heavy (non-hydrogen) atoms. The van der Waals surface area contributed by atoms with Crippen LogP contribution in [0.1, 0.15) is 22.3 Å². The fraction of sp³-hybridized carbons (Fsp3) is 0.370. The Hall–Kier alpha value is -3.72. The van der Waals surface area contributed by atoms with Gasteiger partial charge in [-0.3, -0.25) is 24.1 Å². The van der Waals surface area contributed by atoms with E-state index in [9.17, 15) is 38.0 Å². The third-order valence-corrected chi connectivity index (χ3v) is 9.11. The molecule has 6 atom stereocenters. The van der Waals surface area contributed by atoms with E-state index in [0.29, 0.717) is 5.56 Å². The molecule has 0 spiro atoms. The molecule has 5 rings (SSSR count). The second-order valence-corrected chi connectivity index (χ2v) is 11.7. The third kappa shape index (κ3) is 3.63. The van der Waals surface area contributed by atoms with Crippen molar-refractivity contribution in [1.82, 2.24) is 4.90 Å². The lowest BCUT2D eigenvalue weighted by Gasteiger charge is -2.52. The summed E-state index contributed by atoms with van der Waals surface area (Å²) in [7, 11) is -1.19. The zero-order valence-electron chi connectivity index (χ0n) is 20.5. The van der Waals surface area contributed by atoms with Crippen molar-refractivity contribution >= 4 is 33.3 Å². The molecule has 1 N–H and O–H groups in total. The number of carbonyl (C=O) groups is 4. The summed E-state index contributed by atoms with van der Waals surface area (Å²) in [6, 6.07) is 12.4. The van der Waals surface area contributed by atoms with E-state index in [1.807, 2.05) is 0 Å². The summed E-state index contributed by atoms with van der Waals surface area (Å²) in [6.07, 6.45) is 0.167. The summed E-state index contributed by atoms with van der Waals surface area (Å²) >= 11 is 0. The van der Waals surface area contributed by atoms with E-state index in [-0.39, 0.29) is 29.1 Å². The van der Waals surface area contributed by atoms with Gasteiger partial charge in [0.15, 0.2) is 40.4 Å². The lowest BCUT2D eigenvalue weighted by Crippen LogP contribution is -2.72. The standard InChI is InChI=1S/C27H24N2O8S/c1-29(2)22-18-12-15-11-14-7-6-10-19(37-38(35,36)16-8-4-3-5-9-16)20(14)24(31)21(15)26(33)27(18,34)25(32)17(13-28)23(22)30/h3-10,15,17-18,21-22,34H,11-12H2,1-2H3/t15-,17?,18-,21?,22-,27+/m0/s1. The predicted octanol–water partition coefficient (Wildman–Crippen LogP) is 0.967. The molecule has 2 unspecified atom stereocenters. The third-order valence-electron chi connectivity index (χ3n) is 7.86. The quantitative estimate of drug-likeness (QED) is 0.441. The number of likely N-dealkylation sites (N-methyl/N-ethyl adjacent to an activating group) is 1. The minimum atomic E-state index is -4.31. The fourth-order valence-electron chi connectivity index (χ4n) is 6.20. The number of nitriles is 1. The Morgan fingerprint density at radius 2 is 1.71 bits per heavy atom. The molecule has 3 aliphatic rings. The molecule has 0 radical (unpaired) electrons. The first-order valence-electron chi connectivity index (χ1n) is 12.0. The smallest absolute Gasteiger partial charge is 0.339 e. The monoisotopic (exact) mass is 536 g/mol. The van der Waals surface area contributed by atoms with Crippen LogP contribution in [0.5, 0.6) is 5.75 Å². The van der Waals surface area contributed by atoms with Gasteiger partial charge in [0.25, 0.3) is 0 Å². The van der Waals surface area contributed by atoms with Gasteiger partial charge in [0, 0.05) is 5.92 Å². The topological polar surface area (TPSA) is 159 Å². The lowest BCUT2D eigenvalue weighted by molar-refractivity contribution is -0.179. The molecule has 2 aromatic carbocycles. The van der Waals surface area contributed by atoms with Crippen molar-refractivity contribution in [2.75, 3.05) is 14.1 Å². The molecule has 2 fully saturated rings. The number of carbonyl (C=O) groups excluding carboxylic acids is 4. The van der Waals surface area contributed by atoms with Crippen LogP contribution in [0.3, 0.4) is 0 Å². The van der Waals surface area contributed by atoms with Crippen molar-refractivity contribution in [2.45, 2.75) is 29.4 Å². The molecule has 0 heterocycles. The van der Waals surface area contributed by atoms with Gasteiger partial charge < -0.3 is 9.29 Å². The second kappa shape index (κ2) is 8.94. The van der Waals surface area contributed by atoms with Gasteiger partial charge in [0.05, 0.1) is 23.6 Å². The maximum atomic E-state index is 13.8. The first-order valence-corrected chi connectivity index (χ1v) is 13.4. The second-order valence-electron chi connectivity index (χ2n) is 10.2. The highest BCUT2D eigenvalue weighted by Crippen LogP contribution is 2.50. The molecule has 10 nitrogen and oxygen atoms in total. The highest BCUT2D eigenvalue weighted by molar-refractivity contribution is 7.87. The maximum absolute atomic E-state index is 13.8. The molecule has 0 aromatic heterocycles. The number of hydrogen-bond acceptors (Lipinski definition) is 10. The Morgan fingerprint density at radius 3 is 2.34 bits per heavy atom. The van der Waals surface area contributed by atoms with E-state index < -0.39 is 68.6 Å². The van der Waals surface area contributed by atoms with Gasteiger partial charge in [0.1, 0.15) is 4.90 Å². The van der Waals surface area contributed by atoms with Gasteiger partial charge in [-0.2, -0.15) is 13.7 Å². The van der Waals surface area contributed by atoms with Gasteiger partial charge in [-0.05, 0) is 56.6 Å². The molecule has 3 aliphatic carbocycles. The van der Waals surface area contributed by atoms with Gasteiger partial charge in [0.2, 0.25) is 0 Å². The first kappa shape index (κ1) is 25.9. The number of benzene rings is 2. The predicted molar refractivity (Wildman–Crippen MR) is 130 cm³/mol. The van der Waals surface area contributed by atoms with Crippen LogP contribution < -0.4 is 4.18 Å². The average molecular weight is 537 g/mol. The number of ketones is 4. The Kier molecular flexibility index (Phi) is 6.10. The molecular weight excluding hydrogens is 512 g/mol. The van der Waals surface area contributed by atoms with Crippen molar-refractivity contribution in [1.29, 1.82) is 5.26 Å². The van der Waals surface area contributed by atoms with E-state index in [0.717, 1.165) is 0 Å². The van der Waals surface area contributed by atoms with Crippen molar-refractivity contribution in [3.05, 3.63) is 59.7 Å². The number of nitrogens with zero attached hydrogens (tertiary/aromatic N) is 2. The minimum absolute atomic E-state index is 0.00393. The summed E-state index contributed by atoms with van der Waals surface area (Å²) in [5, 5.41) is 21.1. The van der Waals surface area contributed by atoms with Gasteiger partial charge >= 0.3 is 10.1 Å². The van der Waals surface area contributed by atoms with Crippen molar-refractivity contribution < 1.29 is 36.9 Å². The summed E-state index contributed by atoms with van der Waals surface area (Å²) in [5.74, 6) is -9.09. The Morgan fingerprint density at radius 1 is 1.03 bits per heavy atom. The number of hydrogen-bond donors (Lipinski definition) is 1. The maximum Gasteiger partial charge on any atom is 0.339 e. The molecular formula is C27H24N2O8S. The highest BCUT2D eigenvalue weighted by Gasteiger charge is 2.68. The largest absolute Gasteiger partial charge is 0.378 e. The zero-order valence-corrected chi connectivity index (χ0v) is 21.3. The number of fused-ring (bicyclic) bond motifs is 3. The van der Waals surface area contributed by atoms with Gasteiger partial charge in [-0.1, -0.05) is 30.3 Å². The summed E-state index contributed by atoms with van der Waals surface area (Å²) < 4.78 is 31.1. The number of aliphatic hydroxyl groups is 1. The Labute approximate surface area is 218 Å². The molecule has 2 saturated carbocycles. The zero-order chi connectivity index (χ0) is 27.6. The van der Waals surface area contributed by atoms with E-state index in [4.69, 9.17) is 4.18 Å². The molecule has 0 saturated heterocycles. The lowest BCUT2D eigenvalue weighted by atomic mass is 9.52. The molecule has 0 amide bonds. The normalized spacial score (nSPS) is 30.8. The van der Waals surface area contributed by atoms with E-state index >= 15 is 0 Å². The molecule has 0 aliphatic heterocycles. The first-order chi connectivity index (χ1) is 17.9. The molecule has 196 valence electrons. The van der Waals surface area contributed by atoms with Crippen LogP contribution >= 0.6 is 0 Å². The molecule has 11 heteroatoms. The van der Waals surface area contributed by atoms with Gasteiger partial charge in [-0.15, -0.1) is 0 Å². The van der Waals surface area contributed by atoms with Crippen molar-refractivity contribution in [3.8, 4) is 11.8 Å². The summed E-state index contributed by atoms with van der Waals surface area (Å²) in [4.78, 5) is 55.1. The summed E-state index contributed by atoms with van der Waals surface area (Å²) in [5.41, 5.74) is -2.35. The van der Waals surface area contributed by atoms with Crippen LogP contribution in [-0.4, -0.2) is 67.3 Å². The highest BCUT2D eigenvalue weighted by atomic mass is 32.2. The van der Waals surface area contributed by atoms with E-state index in [2.05, 4.69) is 0 Å². The SMILES string of the molecule is CN(C)[C@@H]1C(=O)C(C#N)C(=O)[C@@]2(O)C(=O)C3C(=O)c4c(cccc4OS(=O)(=O)c4ccccc4)C[C@H]3C[C@@H]12. The van der Waals surface area contributed by atoms with Gasteiger partial charge in [-0.25, -0.2) is 0 Å². The van der Waals surface area contributed by atoms with Crippen LogP contribution in [0.2, 0.25) is 0 Å². The van der Waals surface area contributed by atoms with E-state index in [1.165, 1.54) is 41.3 Å². The van der Waals surface area contributed by atoms with Crippen LogP contribution in [0.25, 0.3) is 0 Å².